The molecule has 1 saturated carbocycles. The molecule has 4 heteroatoms. The summed E-state index contributed by atoms with van der Waals surface area (Å²) in [5, 5.41) is 9.95. The van der Waals surface area contributed by atoms with Crippen molar-refractivity contribution in [2.24, 2.45) is 23.7 Å². The van der Waals surface area contributed by atoms with Crippen LogP contribution < -0.4 is 0 Å². The summed E-state index contributed by atoms with van der Waals surface area (Å²) in [5.41, 5.74) is 0.720. The van der Waals surface area contributed by atoms with E-state index in [1.807, 2.05) is 0 Å². The smallest absolute Gasteiger partial charge is 0.306 e. The third-order valence-corrected chi connectivity index (χ3v) is 5.14. The predicted octanol–water partition coefficient (Wildman–Crippen LogP) is 4.79. The normalized spacial score (nSPS) is 26.0. The molecule has 116 valence electrons. The van der Waals surface area contributed by atoms with E-state index >= 15 is 0 Å². The molecule has 0 bridgehead atoms. The van der Waals surface area contributed by atoms with Gasteiger partial charge in [-0.25, -0.2) is 4.39 Å². The summed E-state index contributed by atoms with van der Waals surface area (Å²) in [6.45, 7) is 4.36. The van der Waals surface area contributed by atoms with E-state index in [4.69, 9.17) is 11.6 Å². The van der Waals surface area contributed by atoms with Crippen molar-refractivity contribution in [3.8, 4) is 0 Å². The maximum atomic E-state index is 13.4. The van der Waals surface area contributed by atoms with Gasteiger partial charge in [0.1, 0.15) is 5.82 Å². The number of carboxylic acid groups (broad SMARTS) is 1. The lowest BCUT2D eigenvalue weighted by molar-refractivity contribution is -0.145. The molecule has 0 saturated heterocycles. The number of halogens is 2. The Morgan fingerprint density at radius 1 is 1.43 bits per heavy atom. The van der Waals surface area contributed by atoms with Crippen LogP contribution in [0.25, 0.3) is 0 Å². The van der Waals surface area contributed by atoms with Gasteiger partial charge >= 0.3 is 5.97 Å². The minimum atomic E-state index is -0.741. The molecule has 1 aliphatic carbocycles. The maximum Gasteiger partial charge on any atom is 0.306 e. The summed E-state index contributed by atoms with van der Waals surface area (Å²) in [5.74, 6) is -0.294. The van der Waals surface area contributed by atoms with Crippen LogP contribution in [0.2, 0.25) is 5.02 Å². The number of hydrogen-bond acceptors (Lipinski definition) is 1. The molecular formula is C17H22ClFO2. The summed E-state index contributed by atoms with van der Waals surface area (Å²) in [7, 11) is 0. The van der Waals surface area contributed by atoms with Gasteiger partial charge in [-0.2, -0.15) is 0 Å². The molecule has 0 amide bonds. The summed E-state index contributed by atoms with van der Waals surface area (Å²) in [6.07, 6.45) is 3.08. The highest BCUT2D eigenvalue weighted by Crippen LogP contribution is 2.40. The fourth-order valence-corrected chi connectivity index (χ4v) is 3.63. The van der Waals surface area contributed by atoms with Crippen molar-refractivity contribution in [1.29, 1.82) is 0 Å². The van der Waals surface area contributed by atoms with E-state index in [0.29, 0.717) is 29.7 Å². The molecule has 1 aliphatic rings. The molecule has 3 unspecified atom stereocenters. The quantitative estimate of drug-likeness (QED) is 0.867. The van der Waals surface area contributed by atoms with Crippen LogP contribution in [0.3, 0.4) is 0 Å². The van der Waals surface area contributed by atoms with Crippen LogP contribution in [0.5, 0.6) is 0 Å². The zero-order valence-electron chi connectivity index (χ0n) is 12.5. The van der Waals surface area contributed by atoms with Crippen LogP contribution in [0, 0.1) is 29.5 Å². The number of carbonyl (C=O) groups is 1. The molecule has 3 atom stereocenters. The number of benzene rings is 1. The summed E-state index contributed by atoms with van der Waals surface area (Å²) in [4.78, 5) is 11.5. The topological polar surface area (TPSA) is 37.3 Å². The zero-order valence-corrected chi connectivity index (χ0v) is 13.2. The van der Waals surface area contributed by atoms with Gasteiger partial charge in [0.2, 0.25) is 0 Å². The Hall–Kier alpha value is -1.09. The van der Waals surface area contributed by atoms with Gasteiger partial charge in [0.05, 0.1) is 5.92 Å². The molecule has 0 heterocycles. The average molecular weight is 313 g/mol. The van der Waals surface area contributed by atoms with Crippen molar-refractivity contribution >= 4 is 17.6 Å². The number of hydrogen-bond donors (Lipinski definition) is 1. The van der Waals surface area contributed by atoms with Crippen LogP contribution in [0.4, 0.5) is 4.39 Å². The van der Waals surface area contributed by atoms with Gasteiger partial charge in [0.25, 0.3) is 0 Å². The van der Waals surface area contributed by atoms with Gasteiger partial charge in [0.15, 0.2) is 0 Å². The third-order valence-electron chi connectivity index (χ3n) is 4.77. The zero-order chi connectivity index (χ0) is 15.6. The first-order chi connectivity index (χ1) is 9.88. The first-order valence-electron chi connectivity index (χ1n) is 7.55. The number of rotatable bonds is 4. The molecule has 0 radical (unpaired) electrons. The highest BCUT2D eigenvalue weighted by Gasteiger charge is 2.36. The standard InChI is InChI=1S/C17H22ClFO2/c1-10(2)11-3-5-15(17(20)21)12(7-11)8-13-9-14(19)4-6-16(13)18/h4,6,9-12,15H,3,5,7-8H2,1-2H3,(H,20,21). The Bertz CT molecular complexity index is 516. The third kappa shape index (κ3) is 3.97. The minimum absolute atomic E-state index is 0.0305. The van der Waals surface area contributed by atoms with E-state index in [1.54, 1.807) is 6.07 Å². The molecule has 1 fully saturated rings. The van der Waals surface area contributed by atoms with Crippen molar-refractivity contribution in [2.75, 3.05) is 0 Å². The van der Waals surface area contributed by atoms with Crippen LogP contribution in [0.15, 0.2) is 18.2 Å². The van der Waals surface area contributed by atoms with Crippen molar-refractivity contribution < 1.29 is 14.3 Å². The van der Waals surface area contributed by atoms with Crippen LogP contribution in [0.1, 0.15) is 38.7 Å². The summed E-state index contributed by atoms with van der Waals surface area (Å²) >= 11 is 6.13. The molecule has 1 N–H and O–H groups in total. The minimum Gasteiger partial charge on any atom is -0.481 e. The Morgan fingerprint density at radius 3 is 2.76 bits per heavy atom. The van der Waals surface area contributed by atoms with Gasteiger partial charge in [-0.3, -0.25) is 4.79 Å². The molecule has 0 aromatic heterocycles. The second-order valence-electron chi connectivity index (χ2n) is 6.46. The first kappa shape index (κ1) is 16.3. The van der Waals surface area contributed by atoms with Crippen LogP contribution in [-0.4, -0.2) is 11.1 Å². The van der Waals surface area contributed by atoms with Gasteiger partial charge in [-0.1, -0.05) is 25.4 Å². The number of aliphatic carboxylic acids is 1. The van der Waals surface area contributed by atoms with E-state index in [1.165, 1.54) is 12.1 Å². The molecule has 1 aromatic rings. The second kappa shape index (κ2) is 6.78. The van der Waals surface area contributed by atoms with E-state index in [-0.39, 0.29) is 17.7 Å². The van der Waals surface area contributed by atoms with Crippen molar-refractivity contribution in [2.45, 2.75) is 39.5 Å². The Morgan fingerprint density at radius 2 is 2.14 bits per heavy atom. The average Bonchev–Trinajstić information content (AvgIpc) is 2.42. The molecule has 2 nitrogen and oxygen atoms in total. The lowest BCUT2D eigenvalue weighted by Crippen LogP contribution is -2.33. The van der Waals surface area contributed by atoms with Gasteiger partial charge < -0.3 is 5.11 Å². The van der Waals surface area contributed by atoms with Crippen molar-refractivity contribution in [1.82, 2.24) is 0 Å². The van der Waals surface area contributed by atoms with Crippen LogP contribution in [-0.2, 0) is 11.2 Å². The monoisotopic (exact) mass is 312 g/mol. The Labute approximate surface area is 130 Å². The summed E-state index contributed by atoms with van der Waals surface area (Å²) in [6, 6.07) is 4.31. The molecule has 1 aromatic carbocycles. The SMILES string of the molecule is CC(C)C1CCC(C(=O)O)C(Cc2cc(F)ccc2Cl)C1. The van der Waals surface area contributed by atoms with Crippen molar-refractivity contribution in [3.05, 3.63) is 34.6 Å². The van der Waals surface area contributed by atoms with Gasteiger partial charge in [-0.05, 0) is 67.2 Å². The molecule has 21 heavy (non-hydrogen) atoms. The Balaban J connectivity index is 2.19. The molecular weight excluding hydrogens is 291 g/mol. The maximum absolute atomic E-state index is 13.4. The fraction of sp³-hybridized carbons (Fsp3) is 0.588. The van der Waals surface area contributed by atoms with Gasteiger partial charge in [-0.15, -0.1) is 0 Å². The largest absolute Gasteiger partial charge is 0.481 e. The van der Waals surface area contributed by atoms with E-state index in [2.05, 4.69) is 13.8 Å². The Kier molecular flexibility index (Phi) is 5.26. The lowest BCUT2D eigenvalue weighted by atomic mass is 9.69. The predicted molar refractivity (Wildman–Crippen MR) is 81.9 cm³/mol. The van der Waals surface area contributed by atoms with Gasteiger partial charge in [0, 0.05) is 5.02 Å². The van der Waals surface area contributed by atoms with E-state index in [0.717, 1.165) is 18.4 Å². The number of carboxylic acids is 1. The molecule has 0 spiro atoms. The first-order valence-corrected chi connectivity index (χ1v) is 7.93. The second-order valence-corrected chi connectivity index (χ2v) is 6.87. The molecule has 2 rings (SSSR count). The fourth-order valence-electron chi connectivity index (χ4n) is 3.44. The lowest BCUT2D eigenvalue weighted by Gasteiger charge is -2.36. The van der Waals surface area contributed by atoms with E-state index < -0.39 is 5.97 Å². The highest BCUT2D eigenvalue weighted by molar-refractivity contribution is 6.31. The van der Waals surface area contributed by atoms with Crippen LogP contribution >= 0.6 is 11.6 Å². The highest BCUT2D eigenvalue weighted by atomic mass is 35.5. The molecule has 0 aliphatic heterocycles. The summed E-state index contributed by atoms with van der Waals surface area (Å²) < 4.78 is 13.4. The van der Waals surface area contributed by atoms with E-state index in [9.17, 15) is 14.3 Å². The van der Waals surface area contributed by atoms with Crippen molar-refractivity contribution in [3.63, 3.8) is 0 Å².